The Morgan fingerprint density at radius 3 is 0.900 bits per heavy atom. The van der Waals surface area contributed by atoms with Gasteiger partial charge in [-0.1, -0.05) is 0 Å². The van der Waals surface area contributed by atoms with E-state index < -0.39 is 0 Å². The van der Waals surface area contributed by atoms with Crippen LogP contribution < -0.4 is 0 Å². The number of halogens is 4. The van der Waals surface area contributed by atoms with Crippen LogP contribution in [0.1, 0.15) is 22.3 Å². The molecule has 0 aliphatic heterocycles. The SMILES string of the molecule is Cc1c(I)cc(I)c(C)c1-c1c(C)c(I)cc(I)c1C. The quantitative estimate of drug-likeness (QED) is 0.280. The smallest absolute Gasteiger partial charge is 0.0176 e. The number of hydrogen-bond acceptors (Lipinski definition) is 0. The molecule has 2 rings (SSSR count). The van der Waals surface area contributed by atoms with Crippen molar-refractivity contribution in [3.05, 3.63) is 48.7 Å². The van der Waals surface area contributed by atoms with Gasteiger partial charge >= 0.3 is 0 Å². The molecule has 0 radical (unpaired) electrons. The topological polar surface area (TPSA) is 0 Å². The Balaban J connectivity index is 2.96. The molecule has 0 nitrogen and oxygen atoms in total. The van der Waals surface area contributed by atoms with Crippen molar-refractivity contribution in [3.63, 3.8) is 0 Å². The molecule has 0 saturated carbocycles. The third kappa shape index (κ3) is 3.17. The standard InChI is InChI=1S/C16H14I4/c1-7-11(17)5-12(18)8(2)15(7)16-9(3)13(19)6-14(20)10(16)4/h5-6H,1-4H3. The molecule has 106 valence electrons. The average molecular weight is 714 g/mol. The van der Waals surface area contributed by atoms with Gasteiger partial charge in [0.1, 0.15) is 0 Å². The Morgan fingerprint density at radius 1 is 0.500 bits per heavy atom. The molecule has 20 heavy (non-hydrogen) atoms. The van der Waals surface area contributed by atoms with Crippen LogP contribution >= 0.6 is 90.4 Å². The van der Waals surface area contributed by atoms with Gasteiger partial charge in [0, 0.05) is 14.3 Å². The minimum Gasteiger partial charge on any atom is -0.0440 e. The molecule has 0 aliphatic rings. The van der Waals surface area contributed by atoms with Crippen LogP contribution in [-0.4, -0.2) is 0 Å². The van der Waals surface area contributed by atoms with E-state index in [1.807, 2.05) is 0 Å². The maximum atomic E-state index is 2.45. The lowest BCUT2D eigenvalue weighted by Gasteiger charge is -2.20. The highest BCUT2D eigenvalue weighted by Gasteiger charge is 2.18. The molecule has 0 unspecified atom stereocenters. The lowest BCUT2D eigenvalue weighted by Crippen LogP contribution is -2.01. The van der Waals surface area contributed by atoms with Gasteiger partial charge in [-0.05, 0) is 164 Å². The van der Waals surface area contributed by atoms with Crippen molar-refractivity contribution in [2.24, 2.45) is 0 Å². The summed E-state index contributed by atoms with van der Waals surface area (Å²) in [7, 11) is 0. The molecule has 0 bridgehead atoms. The van der Waals surface area contributed by atoms with E-state index in [0.29, 0.717) is 0 Å². The van der Waals surface area contributed by atoms with Gasteiger partial charge < -0.3 is 0 Å². The minimum atomic E-state index is 1.35. The zero-order valence-corrected chi connectivity index (χ0v) is 20.3. The molecule has 0 aliphatic carbocycles. The Kier molecular flexibility index (Phi) is 6.07. The normalized spacial score (nSPS) is 11.0. The predicted molar refractivity (Wildman–Crippen MR) is 122 cm³/mol. The van der Waals surface area contributed by atoms with Crippen LogP contribution in [-0.2, 0) is 0 Å². The van der Waals surface area contributed by atoms with E-state index in [0.717, 1.165) is 0 Å². The maximum Gasteiger partial charge on any atom is 0.0176 e. The molecular formula is C16H14I4. The summed E-state index contributed by atoms with van der Waals surface area (Å²) in [4.78, 5) is 0. The Labute approximate surface area is 175 Å². The van der Waals surface area contributed by atoms with Crippen LogP contribution in [0.15, 0.2) is 12.1 Å². The second kappa shape index (κ2) is 6.86. The minimum absolute atomic E-state index is 1.35. The summed E-state index contributed by atoms with van der Waals surface area (Å²) >= 11 is 9.81. The summed E-state index contributed by atoms with van der Waals surface area (Å²) in [5.41, 5.74) is 8.43. The third-order valence-corrected chi connectivity index (χ3v) is 8.17. The average Bonchev–Trinajstić information content (AvgIpc) is 2.38. The molecular weight excluding hydrogens is 700 g/mol. The van der Waals surface area contributed by atoms with Crippen LogP contribution in [0.3, 0.4) is 0 Å². The molecule has 0 N–H and O–H groups in total. The zero-order chi connectivity index (χ0) is 15.2. The fourth-order valence-corrected chi connectivity index (χ4v) is 5.96. The highest BCUT2D eigenvalue weighted by molar-refractivity contribution is 14.1. The predicted octanol–water partition coefficient (Wildman–Crippen LogP) is 7.01. The zero-order valence-electron chi connectivity index (χ0n) is 11.7. The summed E-state index contributed by atoms with van der Waals surface area (Å²) in [5.74, 6) is 0. The molecule has 4 heteroatoms. The first-order valence-electron chi connectivity index (χ1n) is 6.16. The molecule has 2 aromatic carbocycles. The van der Waals surface area contributed by atoms with Crippen molar-refractivity contribution in [1.82, 2.24) is 0 Å². The van der Waals surface area contributed by atoms with Gasteiger partial charge in [-0.15, -0.1) is 0 Å². The molecule has 0 atom stereocenters. The fourth-order valence-electron chi connectivity index (χ4n) is 2.45. The number of rotatable bonds is 1. The second-order valence-electron chi connectivity index (χ2n) is 4.93. The summed E-state index contributed by atoms with van der Waals surface area (Å²) < 4.78 is 5.39. The van der Waals surface area contributed by atoms with E-state index in [1.165, 1.54) is 47.7 Å². The second-order valence-corrected chi connectivity index (χ2v) is 9.58. The lowest BCUT2D eigenvalue weighted by molar-refractivity contribution is 1.27. The van der Waals surface area contributed by atoms with Gasteiger partial charge in [0.15, 0.2) is 0 Å². The van der Waals surface area contributed by atoms with Gasteiger partial charge in [-0.2, -0.15) is 0 Å². The largest absolute Gasteiger partial charge is 0.0440 e. The Bertz CT molecular complexity index is 589. The Hall–Kier alpha value is 1.36. The Morgan fingerprint density at radius 2 is 0.700 bits per heavy atom. The highest BCUT2D eigenvalue weighted by atomic mass is 127. The number of benzene rings is 2. The summed E-state index contributed by atoms with van der Waals surface area (Å²) in [6.07, 6.45) is 0. The first-order chi connectivity index (χ1) is 9.25. The van der Waals surface area contributed by atoms with E-state index in [4.69, 9.17) is 0 Å². The van der Waals surface area contributed by atoms with Crippen LogP contribution in [0.25, 0.3) is 11.1 Å². The van der Waals surface area contributed by atoms with Crippen LogP contribution in [0.2, 0.25) is 0 Å². The van der Waals surface area contributed by atoms with Crippen LogP contribution in [0.4, 0.5) is 0 Å². The monoisotopic (exact) mass is 714 g/mol. The number of hydrogen-bond donors (Lipinski definition) is 0. The van der Waals surface area contributed by atoms with E-state index in [-0.39, 0.29) is 0 Å². The van der Waals surface area contributed by atoms with E-state index in [1.54, 1.807) is 0 Å². The first kappa shape index (κ1) is 17.7. The fraction of sp³-hybridized carbons (Fsp3) is 0.250. The van der Waals surface area contributed by atoms with Gasteiger partial charge in [-0.3, -0.25) is 0 Å². The van der Waals surface area contributed by atoms with E-state index in [9.17, 15) is 0 Å². The van der Waals surface area contributed by atoms with E-state index >= 15 is 0 Å². The third-order valence-electron chi connectivity index (χ3n) is 3.69. The van der Waals surface area contributed by atoms with Gasteiger partial charge in [-0.25, -0.2) is 0 Å². The van der Waals surface area contributed by atoms with E-state index in [2.05, 4.69) is 130 Å². The van der Waals surface area contributed by atoms with Crippen molar-refractivity contribution in [1.29, 1.82) is 0 Å². The molecule has 0 saturated heterocycles. The first-order valence-corrected chi connectivity index (χ1v) is 10.5. The summed E-state index contributed by atoms with van der Waals surface area (Å²) in [6.45, 7) is 8.97. The molecule has 0 heterocycles. The molecule has 2 aromatic rings. The van der Waals surface area contributed by atoms with Crippen molar-refractivity contribution in [3.8, 4) is 11.1 Å². The molecule has 0 fully saturated rings. The molecule has 0 amide bonds. The summed E-state index contributed by atoms with van der Waals surface area (Å²) in [5, 5.41) is 0. The van der Waals surface area contributed by atoms with Gasteiger partial charge in [0.05, 0.1) is 0 Å². The van der Waals surface area contributed by atoms with Crippen molar-refractivity contribution in [2.75, 3.05) is 0 Å². The lowest BCUT2D eigenvalue weighted by atomic mass is 9.90. The molecule has 0 spiro atoms. The van der Waals surface area contributed by atoms with Crippen LogP contribution in [0, 0.1) is 42.0 Å². The summed E-state index contributed by atoms with van der Waals surface area (Å²) in [6, 6.07) is 4.55. The van der Waals surface area contributed by atoms with Crippen LogP contribution in [0.5, 0.6) is 0 Å². The van der Waals surface area contributed by atoms with Crippen molar-refractivity contribution >= 4 is 90.4 Å². The van der Waals surface area contributed by atoms with Crippen molar-refractivity contribution in [2.45, 2.75) is 27.7 Å². The van der Waals surface area contributed by atoms with Crippen molar-refractivity contribution < 1.29 is 0 Å². The van der Waals surface area contributed by atoms with Gasteiger partial charge in [0.25, 0.3) is 0 Å². The molecule has 0 aromatic heterocycles. The van der Waals surface area contributed by atoms with Gasteiger partial charge in [0.2, 0.25) is 0 Å². The highest BCUT2D eigenvalue weighted by Crippen LogP contribution is 2.39. The maximum absolute atomic E-state index is 2.45.